The lowest BCUT2D eigenvalue weighted by Gasteiger charge is -2.34. The summed E-state index contributed by atoms with van der Waals surface area (Å²) in [6, 6.07) is 3.73. The third kappa shape index (κ3) is 9.84. The zero-order valence-electron chi connectivity index (χ0n) is 25.3. The molecule has 11 nitrogen and oxygen atoms in total. The fraction of sp³-hybridized carbons (Fsp3) is 0.633. The Bertz CT molecular complexity index is 1060. The summed E-state index contributed by atoms with van der Waals surface area (Å²) >= 11 is 0. The van der Waals surface area contributed by atoms with Gasteiger partial charge >= 0.3 is 0 Å². The normalized spacial score (nSPS) is 25.4. The molecule has 1 heterocycles. The largest absolute Gasteiger partial charge is 0.394 e. The second-order valence-electron chi connectivity index (χ2n) is 12.0. The Hall–Kier alpha value is -3.47. The summed E-state index contributed by atoms with van der Waals surface area (Å²) in [6.07, 6.45) is 0.710. The summed E-state index contributed by atoms with van der Waals surface area (Å²) in [5, 5.41) is 20.8. The van der Waals surface area contributed by atoms with Crippen molar-refractivity contribution < 1.29 is 29.1 Å². The zero-order chi connectivity index (χ0) is 30.9. The van der Waals surface area contributed by atoms with Crippen LogP contribution in [0.4, 0.5) is 0 Å². The molecule has 1 aromatic rings. The first-order chi connectivity index (χ1) is 19.2. The van der Waals surface area contributed by atoms with Gasteiger partial charge in [-0.1, -0.05) is 71.9 Å². The molecule has 0 saturated carbocycles. The first-order valence-corrected chi connectivity index (χ1v) is 14.4. The Morgan fingerprint density at radius 1 is 0.707 bits per heavy atom. The number of amides is 5. The Labute approximate surface area is 243 Å². The van der Waals surface area contributed by atoms with Crippen LogP contribution in [-0.2, 0) is 30.4 Å². The first kappa shape index (κ1) is 33.7. The molecule has 0 aliphatic carbocycles. The lowest BCUT2D eigenvalue weighted by molar-refractivity contribution is -0.144. The monoisotopic (exact) mass is 573 g/mol. The van der Waals surface area contributed by atoms with Crippen molar-refractivity contribution >= 4 is 29.5 Å². The minimum atomic E-state index is -1.36. The maximum absolute atomic E-state index is 13.8. The number of carbonyl (C=O) groups is 5. The van der Waals surface area contributed by atoms with Gasteiger partial charge < -0.3 is 31.3 Å². The maximum atomic E-state index is 13.8. The second kappa shape index (κ2) is 15.5. The Balaban J connectivity index is 2.60. The predicted molar refractivity (Wildman–Crippen MR) is 155 cm³/mol. The van der Waals surface area contributed by atoms with E-state index in [1.807, 2.05) is 58.0 Å². The smallest absolute Gasteiger partial charge is 0.245 e. The Morgan fingerprint density at radius 2 is 1.22 bits per heavy atom. The van der Waals surface area contributed by atoms with Crippen LogP contribution in [0.1, 0.15) is 59.9 Å². The highest BCUT2D eigenvalue weighted by Gasteiger charge is 2.38. The van der Waals surface area contributed by atoms with Crippen LogP contribution in [0.2, 0.25) is 0 Å². The van der Waals surface area contributed by atoms with Crippen molar-refractivity contribution in [1.82, 2.24) is 26.2 Å². The third-order valence-corrected chi connectivity index (χ3v) is 7.11. The van der Waals surface area contributed by atoms with E-state index in [2.05, 4.69) is 21.3 Å². The molecule has 0 spiro atoms. The molecular formula is C30H47N5O6. The van der Waals surface area contributed by atoms with E-state index < -0.39 is 66.4 Å². The van der Waals surface area contributed by atoms with Crippen LogP contribution < -0.4 is 21.3 Å². The molecule has 1 aliphatic rings. The van der Waals surface area contributed by atoms with Gasteiger partial charge in [0.2, 0.25) is 29.5 Å². The van der Waals surface area contributed by atoms with Crippen molar-refractivity contribution in [3.05, 3.63) is 35.9 Å². The number of hydrogen-bond donors (Lipinski definition) is 5. The molecule has 5 atom stereocenters. The second-order valence-corrected chi connectivity index (χ2v) is 12.0. The van der Waals surface area contributed by atoms with Gasteiger partial charge in [-0.25, -0.2) is 0 Å². The molecule has 11 heteroatoms. The molecule has 5 amide bonds. The van der Waals surface area contributed by atoms with Crippen molar-refractivity contribution in [2.45, 2.75) is 91.0 Å². The highest BCUT2D eigenvalue weighted by atomic mass is 16.3. The first-order valence-electron chi connectivity index (χ1n) is 14.4. The van der Waals surface area contributed by atoms with Gasteiger partial charge in [-0.05, 0) is 36.2 Å². The highest BCUT2D eigenvalue weighted by molar-refractivity contribution is 5.98. The maximum Gasteiger partial charge on any atom is 0.245 e. The van der Waals surface area contributed by atoms with E-state index in [0.29, 0.717) is 6.42 Å². The summed E-state index contributed by atoms with van der Waals surface area (Å²) in [6.45, 7) is 10.5. The number of rotatable bonds is 8. The SMILES string of the molecule is CC(C)C[C@@H]1NC(=O)[C@H](CO)NC(=O)[C@@H](Cc2ccccc2)NC(=O)[C@@H](CC(C)C)N(C)C(=O)[C@@H](C(C)C)NC1=O. The molecule has 0 unspecified atom stereocenters. The molecule has 0 aromatic heterocycles. The molecule has 1 aromatic carbocycles. The van der Waals surface area contributed by atoms with Crippen LogP contribution in [0.15, 0.2) is 30.3 Å². The molecule has 0 radical (unpaired) electrons. The van der Waals surface area contributed by atoms with Crippen LogP contribution >= 0.6 is 0 Å². The van der Waals surface area contributed by atoms with Crippen molar-refractivity contribution in [3.8, 4) is 0 Å². The summed E-state index contributed by atoms with van der Waals surface area (Å²) < 4.78 is 0. The molecule has 5 N–H and O–H groups in total. The summed E-state index contributed by atoms with van der Waals surface area (Å²) in [4.78, 5) is 68.9. The highest BCUT2D eigenvalue weighted by Crippen LogP contribution is 2.17. The van der Waals surface area contributed by atoms with E-state index in [9.17, 15) is 29.1 Å². The third-order valence-electron chi connectivity index (χ3n) is 7.11. The van der Waals surface area contributed by atoms with Gasteiger partial charge in [0.15, 0.2) is 0 Å². The van der Waals surface area contributed by atoms with Crippen molar-refractivity contribution in [2.75, 3.05) is 13.7 Å². The van der Waals surface area contributed by atoms with Gasteiger partial charge in [0.1, 0.15) is 30.2 Å². The van der Waals surface area contributed by atoms with E-state index in [0.717, 1.165) is 5.56 Å². The number of carbonyl (C=O) groups excluding carboxylic acids is 5. The van der Waals surface area contributed by atoms with E-state index in [-0.39, 0.29) is 30.6 Å². The molecule has 41 heavy (non-hydrogen) atoms. The van der Waals surface area contributed by atoms with Gasteiger partial charge in [0.25, 0.3) is 0 Å². The standard InChI is InChI=1S/C30H47N5O6/c1-17(2)13-21-27(38)34-25(19(5)6)30(41)35(7)24(14-18(3)4)29(40)32-22(15-20-11-9-8-10-12-20)26(37)33-23(16-36)28(39)31-21/h8-12,17-19,21-25,36H,13-16H2,1-7H3,(H,31,39)(H,32,40)(H,33,37)(H,34,38)/t21-,22+,23-,24+,25+/m0/s1. The Kier molecular flexibility index (Phi) is 12.8. The van der Waals surface area contributed by atoms with Gasteiger partial charge in [-0.15, -0.1) is 0 Å². The van der Waals surface area contributed by atoms with Crippen LogP contribution in [-0.4, -0.2) is 83.4 Å². The minimum Gasteiger partial charge on any atom is -0.394 e. The Morgan fingerprint density at radius 3 is 1.76 bits per heavy atom. The van der Waals surface area contributed by atoms with Crippen molar-refractivity contribution in [1.29, 1.82) is 0 Å². The minimum absolute atomic E-state index is 0.0127. The predicted octanol–water partition coefficient (Wildman–Crippen LogP) is 0.749. The number of aliphatic hydroxyl groups is 1. The van der Waals surface area contributed by atoms with Gasteiger partial charge in [-0.2, -0.15) is 0 Å². The zero-order valence-corrected chi connectivity index (χ0v) is 25.3. The van der Waals surface area contributed by atoms with Crippen LogP contribution in [0.5, 0.6) is 0 Å². The van der Waals surface area contributed by atoms with E-state index in [1.54, 1.807) is 13.8 Å². The number of hydrogen-bond acceptors (Lipinski definition) is 6. The van der Waals surface area contributed by atoms with Crippen molar-refractivity contribution in [2.24, 2.45) is 17.8 Å². The van der Waals surface area contributed by atoms with E-state index >= 15 is 0 Å². The quantitative estimate of drug-likeness (QED) is 0.309. The average Bonchev–Trinajstić information content (AvgIpc) is 2.90. The topological polar surface area (TPSA) is 157 Å². The van der Waals surface area contributed by atoms with Crippen molar-refractivity contribution in [3.63, 3.8) is 0 Å². The van der Waals surface area contributed by atoms with Gasteiger partial charge in [0, 0.05) is 13.5 Å². The number of nitrogens with zero attached hydrogens (tertiary/aromatic N) is 1. The fourth-order valence-electron chi connectivity index (χ4n) is 4.80. The number of benzene rings is 1. The lowest BCUT2D eigenvalue weighted by Crippen LogP contribution is -2.59. The molecule has 228 valence electrons. The van der Waals surface area contributed by atoms with Gasteiger partial charge in [-0.3, -0.25) is 24.0 Å². The fourth-order valence-corrected chi connectivity index (χ4v) is 4.80. The summed E-state index contributed by atoms with van der Waals surface area (Å²) in [5.74, 6) is -3.23. The van der Waals surface area contributed by atoms with Crippen LogP contribution in [0.3, 0.4) is 0 Å². The molecular weight excluding hydrogens is 526 g/mol. The molecule has 1 saturated heterocycles. The lowest BCUT2D eigenvalue weighted by atomic mass is 9.97. The number of aliphatic hydroxyl groups excluding tert-OH is 1. The van der Waals surface area contributed by atoms with Crippen LogP contribution in [0.25, 0.3) is 0 Å². The molecule has 1 fully saturated rings. The molecule has 2 rings (SSSR count). The number of nitrogens with one attached hydrogen (secondary N) is 4. The van der Waals surface area contributed by atoms with E-state index in [4.69, 9.17) is 0 Å². The summed E-state index contributed by atoms with van der Waals surface area (Å²) in [5.41, 5.74) is 0.771. The molecule has 0 bridgehead atoms. The van der Waals surface area contributed by atoms with Gasteiger partial charge in [0.05, 0.1) is 6.61 Å². The van der Waals surface area contributed by atoms with Crippen LogP contribution in [0, 0.1) is 17.8 Å². The summed E-state index contributed by atoms with van der Waals surface area (Å²) in [7, 11) is 1.52. The van der Waals surface area contributed by atoms with E-state index in [1.165, 1.54) is 11.9 Å². The number of likely N-dealkylation sites (N-methyl/N-ethyl adjacent to an activating group) is 1. The average molecular weight is 574 g/mol. The molecule has 1 aliphatic heterocycles.